The summed E-state index contributed by atoms with van der Waals surface area (Å²) < 4.78 is 23.3. The number of fused-ring (bicyclic) bond motifs is 2. The number of hydrogen-bond acceptors (Lipinski definition) is 6. The average molecular weight is 620 g/mol. The maximum Gasteiger partial charge on any atom is 0.344 e. The van der Waals surface area contributed by atoms with Crippen molar-refractivity contribution in [1.29, 1.82) is 0 Å². The summed E-state index contributed by atoms with van der Waals surface area (Å²) in [4.78, 5) is 25.4. The zero-order chi connectivity index (χ0) is 30.5. The van der Waals surface area contributed by atoms with Gasteiger partial charge in [-0.25, -0.2) is 9.59 Å². The highest BCUT2D eigenvalue weighted by Crippen LogP contribution is 2.48. The summed E-state index contributed by atoms with van der Waals surface area (Å²) in [6, 6.07) is 10.8. The van der Waals surface area contributed by atoms with Crippen molar-refractivity contribution >= 4 is 56.7 Å². The van der Waals surface area contributed by atoms with E-state index in [1.165, 1.54) is 0 Å². The molecule has 0 heterocycles. The molecule has 230 valence electrons. The molecule has 0 radical (unpaired) electrons. The van der Waals surface area contributed by atoms with Crippen LogP contribution in [0.1, 0.15) is 79.1 Å². The Morgan fingerprint density at radius 3 is 1.43 bits per heavy atom. The van der Waals surface area contributed by atoms with Crippen LogP contribution in [0.15, 0.2) is 36.4 Å². The zero-order valence-corrected chi connectivity index (χ0v) is 26.8. The molecule has 8 heteroatoms. The summed E-state index contributed by atoms with van der Waals surface area (Å²) in [6.45, 7) is 8.68. The fraction of sp³-hybridized carbons (Fsp3) is 0.529. The minimum absolute atomic E-state index is 0.282. The molecule has 2 unspecified atom stereocenters. The monoisotopic (exact) mass is 618 g/mol. The minimum Gasteiger partial charge on any atom is -0.481 e. The maximum atomic E-state index is 12.7. The van der Waals surface area contributed by atoms with E-state index in [9.17, 15) is 9.59 Å². The number of rotatable bonds is 18. The predicted molar refractivity (Wildman–Crippen MR) is 171 cm³/mol. The summed E-state index contributed by atoms with van der Waals surface area (Å²) in [5.74, 6) is 0.562. The van der Waals surface area contributed by atoms with E-state index in [1.807, 2.05) is 24.3 Å². The first-order valence-corrected chi connectivity index (χ1v) is 16.0. The van der Waals surface area contributed by atoms with Crippen molar-refractivity contribution in [3.63, 3.8) is 0 Å². The zero-order valence-electron chi connectivity index (χ0n) is 25.3. The number of carbonyl (C=O) groups is 2. The van der Waals surface area contributed by atoms with E-state index in [0.29, 0.717) is 68.1 Å². The van der Waals surface area contributed by atoms with Crippen LogP contribution in [0.4, 0.5) is 0 Å². The highest BCUT2D eigenvalue weighted by Gasteiger charge is 2.23. The Labute approximate surface area is 259 Å². The molecular formula is C34H44Cl2O6. The molecule has 3 aromatic carbocycles. The molecule has 0 saturated heterocycles. The second-order valence-electron chi connectivity index (χ2n) is 10.8. The molecule has 42 heavy (non-hydrogen) atoms. The first-order valence-electron chi connectivity index (χ1n) is 15.2. The van der Waals surface area contributed by atoms with E-state index in [0.717, 1.165) is 51.4 Å². The summed E-state index contributed by atoms with van der Waals surface area (Å²) in [5.41, 5.74) is 0. The average Bonchev–Trinajstić information content (AvgIpc) is 3.00. The van der Waals surface area contributed by atoms with Gasteiger partial charge in [-0.2, -0.15) is 0 Å². The van der Waals surface area contributed by atoms with Gasteiger partial charge in [-0.15, -0.1) is 0 Å². The SMILES string of the molecule is CCCCC(CC)COC(=O)COc1c2ccccc2c(OCC(=O)OCC(CC)CCCC)c2c(Cl)ccc(Cl)c12. The molecule has 0 saturated carbocycles. The third kappa shape index (κ3) is 9.15. The summed E-state index contributed by atoms with van der Waals surface area (Å²) >= 11 is 13.4. The lowest BCUT2D eigenvalue weighted by molar-refractivity contribution is -0.148. The normalized spacial score (nSPS) is 12.7. The van der Waals surface area contributed by atoms with Gasteiger partial charge in [0.2, 0.25) is 0 Å². The van der Waals surface area contributed by atoms with E-state index in [1.54, 1.807) is 12.1 Å². The summed E-state index contributed by atoms with van der Waals surface area (Å²) in [7, 11) is 0. The Morgan fingerprint density at radius 1 is 0.667 bits per heavy atom. The topological polar surface area (TPSA) is 71.1 Å². The van der Waals surface area contributed by atoms with Crippen LogP contribution in [-0.4, -0.2) is 38.4 Å². The van der Waals surface area contributed by atoms with Crippen LogP contribution in [0.25, 0.3) is 21.5 Å². The van der Waals surface area contributed by atoms with E-state index in [-0.39, 0.29) is 13.2 Å². The van der Waals surface area contributed by atoms with Gasteiger partial charge < -0.3 is 18.9 Å². The fourth-order valence-corrected chi connectivity index (χ4v) is 5.49. The summed E-state index contributed by atoms with van der Waals surface area (Å²) in [5, 5.41) is 3.10. The lowest BCUT2D eigenvalue weighted by Crippen LogP contribution is -2.20. The molecule has 0 aliphatic carbocycles. The van der Waals surface area contributed by atoms with Gasteiger partial charge in [0.1, 0.15) is 11.5 Å². The summed E-state index contributed by atoms with van der Waals surface area (Å²) in [6.07, 6.45) is 8.37. The van der Waals surface area contributed by atoms with Gasteiger partial charge in [0.15, 0.2) is 13.2 Å². The molecule has 0 aliphatic rings. The molecule has 0 amide bonds. The Balaban J connectivity index is 1.85. The Bertz CT molecular complexity index is 1220. The maximum absolute atomic E-state index is 12.7. The number of benzene rings is 3. The van der Waals surface area contributed by atoms with Gasteiger partial charge in [0.25, 0.3) is 0 Å². The predicted octanol–water partition coefficient (Wildman–Crippen LogP) is 9.58. The molecule has 6 nitrogen and oxygen atoms in total. The molecule has 0 aliphatic heterocycles. The van der Waals surface area contributed by atoms with Gasteiger partial charge in [0, 0.05) is 21.5 Å². The van der Waals surface area contributed by atoms with E-state index >= 15 is 0 Å². The third-order valence-corrected chi connectivity index (χ3v) is 8.32. The number of esters is 2. The van der Waals surface area contributed by atoms with Crippen LogP contribution in [0.3, 0.4) is 0 Å². The Hall–Kier alpha value is -2.70. The Morgan fingerprint density at radius 2 is 1.07 bits per heavy atom. The van der Waals surface area contributed by atoms with Crippen LogP contribution >= 0.6 is 23.2 Å². The van der Waals surface area contributed by atoms with Crippen molar-refractivity contribution in [2.75, 3.05) is 26.4 Å². The van der Waals surface area contributed by atoms with Crippen LogP contribution < -0.4 is 9.47 Å². The van der Waals surface area contributed by atoms with E-state index in [2.05, 4.69) is 27.7 Å². The molecule has 0 fully saturated rings. The van der Waals surface area contributed by atoms with E-state index < -0.39 is 11.9 Å². The number of carbonyl (C=O) groups excluding carboxylic acids is 2. The van der Waals surface area contributed by atoms with Crippen molar-refractivity contribution in [2.45, 2.75) is 79.1 Å². The number of ether oxygens (including phenoxy) is 4. The largest absolute Gasteiger partial charge is 0.481 e. The molecule has 3 rings (SSSR count). The molecule has 0 bridgehead atoms. The van der Waals surface area contributed by atoms with Gasteiger partial charge in [0.05, 0.1) is 23.3 Å². The lowest BCUT2D eigenvalue weighted by Gasteiger charge is -2.20. The van der Waals surface area contributed by atoms with Crippen LogP contribution in [0, 0.1) is 11.8 Å². The molecule has 0 N–H and O–H groups in total. The smallest absolute Gasteiger partial charge is 0.344 e. The highest BCUT2D eigenvalue weighted by molar-refractivity contribution is 6.42. The van der Waals surface area contributed by atoms with Crippen molar-refractivity contribution in [3.05, 3.63) is 46.4 Å². The molecule has 3 aromatic rings. The van der Waals surface area contributed by atoms with Crippen molar-refractivity contribution < 1.29 is 28.5 Å². The van der Waals surface area contributed by atoms with Gasteiger partial charge >= 0.3 is 11.9 Å². The fourth-order valence-electron chi connectivity index (χ4n) is 5.01. The van der Waals surface area contributed by atoms with Crippen molar-refractivity contribution in [3.8, 4) is 11.5 Å². The minimum atomic E-state index is -0.451. The van der Waals surface area contributed by atoms with Crippen LogP contribution in [-0.2, 0) is 19.1 Å². The number of hydrogen-bond donors (Lipinski definition) is 0. The number of unbranched alkanes of at least 4 members (excludes halogenated alkanes) is 2. The molecular weight excluding hydrogens is 575 g/mol. The molecule has 0 spiro atoms. The second kappa shape index (κ2) is 17.4. The van der Waals surface area contributed by atoms with Crippen molar-refractivity contribution in [1.82, 2.24) is 0 Å². The third-order valence-electron chi connectivity index (χ3n) is 7.69. The van der Waals surface area contributed by atoms with Gasteiger partial charge in [-0.05, 0) is 36.8 Å². The van der Waals surface area contributed by atoms with E-state index in [4.69, 9.17) is 42.1 Å². The van der Waals surface area contributed by atoms with Gasteiger partial charge in [-0.3, -0.25) is 0 Å². The first kappa shape index (κ1) is 33.8. The molecule has 0 aromatic heterocycles. The lowest BCUT2D eigenvalue weighted by atomic mass is 10.00. The Kier molecular flexibility index (Phi) is 14.0. The number of halogens is 2. The molecule has 2 atom stereocenters. The quantitative estimate of drug-likeness (QED) is 0.104. The van der Waals surface area contributed by atoms with Crippen LogP contribution in [0.5, 0.6) is 11.5 Å². The highest BCUT2D eigenvalue weighted by atomic mass is 35.5. The van der Waals surface area contributed by atoms with Gasteiger partial charge in [-0.1, -0.05) is 114 Å². The standard InChI is InChI=1S/C34H44Cl2O6/c1-5-9-13-23(7-3)19-39-29(37)21-41-33-25-15-11-12-16-26(25)34(32-28(36)18-17-27(35)31(32)33)42-22-30(38)40-20-24(8-4)14-10-6-2/h11-12,15-18,23-24H,5-10,13-14,19-22H2,1-4H3. The first-order chi connectivity index (χ1) is 20.3. The van der Waals surface area contributed by atoms with Crippen LogP contribution in [0.2, 0.25) is 10.0 Å². The van der Waals surface area contributed by atoms with Crippen molar-refractivity contribution in [2.24, 2.45) is 11.8 Å². The second-order valence-corrected chi connectivity index (χ2v) is 11.6.